The molecule has 23 nitrogen and oxygen atoms in total. The molecule has 2 saturated carbocycles. The van der Waals surface area contributed by atoms with Gasteiger partial charge in [-0.3, -0.25) is 31.7 Å². The molecule has 7 heterocycles. The molecule has 0 amide bonds. The minimum Gasteiger partial charge on any atom is -0.463 e. The molecular weight excluding hydrogens is 1110 g/mol. The number of hydrogen-bond acceptors (Lipinski definition) is 27. The largest absolute Gasteiger partial charge is 0.463 e. The average molecular weight is 1160 g/mol. The summed E-state index contributed by atoms with van der Waals surface area (Å²) in [6.07, 6.45) is -2.28. The lowest BCUT2D eigenvalue weighted by molar-refractivity contribution is -0.164. The molecule has 2 aliphatic carbocycles. The van der Waals surface area contributed by atoms with Crippen molar-refractivity contribution >= 4 is 117 Å². The molecule has 6 bridgehead atoms. The fourth-order valence-electron chi connectivity index (χ4n) is 9.76. The van der Waals surface area contributed by atoms with Crippen molar-refractivity contribution in [1.82, 2.24) is 0 Å². The first-order valence-corrected chi connectivity index (χ1v) is 31.0. The molecule has 9 aliphatic rings. The lowest BCUT2D eigenvalue weighted by Gasteiger charge is -2.24. The highest BCUT2D eigenvalue weighted by molar-refractivity contribution is 8.14. The van der Waals surface area contributed by atoms with Crippen LogP contribution < -0.4 is 0 Å². The summed E-state index contributed by atoms with van der Waals surface area (Å²) in [4.78, 5) is 80.7. The van der Waals surface area contributed by atoms with E-state index >= 15 is 0 Å². The highest BCUT2D eigenvalue weighted by atomic mass is 32.2. The first-order chi connectivity index (χ1) is 34.3. The number of esters is 4. The molecule has 0 N–H and O–H groups in total. The molecule has 15 unspecified atom stereocenters. The molecule has 0 aromatic heterocycles. The van der Waals surface area contributed by atoms with Gasteiger partial charge in [-0.1, -0.05) is 55.0 Å². The second kappa shape index (κ2) is 23.8. The Morgan fingerprint density at radius 2 is 1.08 bits per heavy atom. The summed E-state index contributed by atoms with van der Waals surface area (Å²) < 4.78 is 123. The zero-order valence-corrected chi connectivity index (χ0v) is 45.2. The molecule has 15 atom stereocenters. The second-order valence-electron chi connectivity index (χ2n) is 18.2. The summed E-state index contributed by atoms with van der Waals surface area (Å²) in [7, 11) is -10.7. The van der Waals surface area contributed by atoms with E-state index in [0.29, 0.717) is 47.5 Å². The van der Waals surface area contributed by atoms with Crippen LogP contribution in [0.25, 0.3) is 0 Å². The molecule has 0 aromatic carbocycles. The summed E-state index contributed by atoms with van der Waals surface area (Å²) in [5, 5.41) is -2.48. The number of thioether (sulfide) groups is 4. The summed E-state index contributed by atoms with van der Waals surface area (Å²) in [6.45, 7) is 14.3. The average Bonchev–Trinajstić information content (AvgIpc) is 4.21. The second-order valence-corrected chi connectivity index (χ2v) is 28.1. The maximum absolute atomic E-state index is 11.9. The Morgan fingerprint density at radius 3 is 1.68 bits per heavy atom. The van der Waals surface area contributed by atoms with Crippen molar-refractivity contribution in [1.29, 1.82) is 0 Å². The normalized spacial score (nSPS) is 34.7. The van der Waals surface area contributed by atoms with Crippen LogP contribution >= 0.6 is 47.0 Å². The van der Waals surface area contributed by atoms with E-state index in [1.165, 1.54) is 18.7 Å². The van der Waals surface area contributed by atoms with Gasteiger partial charge in [-0.2, -0.15) is 25.3 Å². The highest BCUT2D eigenvalue weighted by Gasteiger charge is 2.68. The molecule has 7 aliphatic heterocycles. The molecule has 7 saturated heterocycles. The minimum absolute atomic E-state index is 0.00873. The van der Waals surface area contributed by atoms with E-state index in [-0.39, 0.29) is 82.1 Å². The number of fused-ring (bicyclic) bond motifs is 3. The maximum atomic E-state index is 11.9. The molecule has 0 radical (unpaired) electrons. The topological polar surface area (TPSA) is 314 Å². The third-order valence-electron chi connectivity index (χ3n) is 12.9. The lowest BCUT2D eigenvalue weighted by Crippen LogP contribution is -2.42. The van der Waals surface area contributed by atoms with Crippen LogP contribution in [0, 0.1) is 11.8 Å². The lowest BCUT2D eigenvalue weighted by atomic mass is 9.94. The smallest absolute Gasteiger partial charge is 0.344 e. The van der Waals surface area contributed by atoms with Crippen molar-refractivity contribution < 1.29 is 105 Å². The summed E-state index contributed by atoms with van der Waals surface area (Å²) >= 11 is 4.28. The highest BCUT2D eigenvalue weighted by Crippen LogP contribution is 2.57. The van der Waals surface area contributed by atoms with Crippen molar-refractivity contribution in [3.63, 3.8) is 0 Å². The minimum atomic E-state index is -3.60. The van der Waals surface area contributed by atoms with E-state index in [1.807, 2.05) is 0 Å². The van der Waals surface area contributed by atoms with Gasteiger partial charge in [0.1, 0.15) is 73.6 Å². The summed E-state index contributed by atoms with van der Waals surface area (Å²) in [5.74, 6) is -2.03. The molecule has 73 heavy (non-hydrogen) atoms. The Morgan fingerprint density at radius 1 is 0.548 bits per heavy atom. The first-order valence-electron chi connectivity index (χ1n) is 22.7. The van der Waals surface area contributed by atoms with Crippen LogP contribution in [-0.2, 0) is 110 Å². The Hall–Kier alpha value is -2.88. The third-order valence-corrected chi connectivity index (χ3v) is 23.0. The van der Waals surface area contributed by atoms with Crippen LogP contribution in [-0.4, -0.2) is 190 Å². The van der Waals surface area contributed by atoms with Crippen LogP contribution in [0.5, 0.6) is 0 Å². The van der Waals surface area contributed by atoms with Gasteiger partial charge < -0.3 is 33.2 Å². The first kappa shape index (κ1) is 57.8. The van der Waals surface area contributed by atoms with Crippen molar-refractivity contribution in [2.24, 2.45) is 11.8 Å². The van der Waals surface area contributed by atoms with E-state index in [1.54, 1.807) is 13.8 Å². The molecule has 9 rings (SSSR count). The number of carbonyl (C=O) groups excluding carboxylic acids is 7. The van der Waals surface area contributed by atoms with Crippen molar-refractivity contribution in [3.05, 3.63) is 36.5 Å². The molecule has 0 aromatic rings. The maximum Gasteiger partial charge on any atom is 0.344 e. The van der Waals surface area contributed by atoms with Crippen molar-refractivity contribution in [2.45, 2.75) is 122 Å². The Kier molecular flexibility index (Phi) is 18.8. The standard InChI is InChI=1S/C15H20O7S2.C14H16O8S3.C14H18O8S2/c1-8(2)15(17)23-4-3-20-12(16)7-21-13-9-5-10-11(6-9)24(18,19)22-14(10)13;1-6(2)14(17)23-5-10(16)20-4-9(15)21-11-7-3-8-13(24-7)12(11)22-25(8,18)19;1-7(2)14(16)23-4-3-19-10(15)6-20-11-8-5-9-12(21-8)13(11)22-24(9,17)18/h9-11,13-14H,1,3-7H2,2H3;7-8,11-13H,1,3-5H2,2H3;8-9,11-13H,1,3-6H2,2H3. The Labute approximate surface area is 438 Å². The predicted octanol–water partition coefficient (Wildman–Crippen LogP) is 1.17. The van der Waals surface area contributed by atoms with Crippen LogP contribution in [0.15, 0.2) is 36.5 Å². The van der Waals surface area contributed by atoms with E-state index in [0.717, 1.165) is 41.7 Å². The van der Waals surface area contributed by atoms with E-state index in [2.05, 4.69) is 19.7 Å². The number of rotatable bonds is 20. The van der Waals surface area contributed by atoms with E-state index < -0.39 is 113 Å². The molecule has 30 heteroatoms. The Bertz CT molecular complexity index is 2490. The van der Waals surface area contributed by atoms with Gasteiger partial charge in [0, 0.05) is 22.7 Å². The number of carbonyl (C=O) groups is 7. The third kappa shape index (κ3) is 13.5. The van der Waals surface area contributed by atoms with Gasteiger partial charge in [-0.25, -0.2) is 14.4 Å². The molecule has 406 valence electrons. The fraction of sp³-hybridized carbons (Fsp3) is 0.698. The quantitative estimate of drug-likeness (QED) is 0.0543. The van der Waals surface area contributed by atoms with Gasteiger partial charge in [0.25, 0.3) is 30.4 Å². The van der Waals surface area contributed by atoms with Crippen LogP contribution in [0.1, 0.15) is 46.5 Å². The van der Waals surface area contributed by atoms with Gasteiger partial charge >= 0.3 is 23.9 Å². The van der Waals surface area contributed by atoms with Crippen molar-refractivity contribution in [3.8, 4) is 0 Å². The van der Waals surface area contributed by atoms with Gasteiger partial charge in [0.15, 0.2) is 6.61 Å². The Balaban J connectivity index is 0.000000160. The summed E-state index contributed by atoms with van der Waals surface area (Å²) in [6, 6.07) is 0. The van der Waals surface area contributed by atoms with Gasteiger partial charge in [-0.05, 0) is 69.1 Å². The van der Waals surface area contributed by atoms with Crippen molar-refractivity contribution in [2.75, 3.05) is 50.3 Å². The number of hydrogen-bond donors (Lipinski definition) is 0. The van der Waals surface area contributed by atoms with E-state index in [9.17, 15) is 58.8 Å². The van der Waals surface area contributed by atoms with Crippen LogP contribution in [0.3, 0.4) is 0 Å². The van der Waals surface area contributed by atoms with E-state index in [4.69, 9.17) is 45.7 Å². The van der Waals surface area contributed by atoms with Gasteiger partial charge in [0.2, 0.25) is 15.3 Å². The molecule has 9 fully saturated rings. The van der Waals surface area contributed by atoms with Gasteiger partial charge in [-0.15, -0.1) is 11.8 Å². The predicted molar refractivity (Wildman–Crippen MR) is 261 cm³/mol. The molecule has 0 spiro atoms. The van der Waals surface area contributed by atoms with Crippen LogP contribution in [0.2, 0.25) is 0 Å². The zero-order chi connectivity index (χ0) is 53.3. The fourth-order valence-corrected chi connectivity index (χ4v) is 19.2. The zero-order valence-electron chi connectivity index (χ0n) is 39.5. The van der Waals surface area contributed by atoms with Crippen LogP contribution in [0.4, 0.5) is 0 Å². The SMILES string of the molecule is C=C(C)C(=O)SCC(=O)OCC(=O)OC1C2CC3C(S2)C1OS3(=O)=O.C=C(C)C(=O)SCCOC(=O)COC1C2CC3C(O2)C1OS3(=O)=O.C=C(C)C(=O)SCCOC(=O)COC1C2CC3C1OS(=O)(=O)C3C2. The number of ether oxygens (including phenoxy) is 7. The monoisotopic (exact) mass is 1160 g/mol. The van der Waals surface area contributed by atoms with Gasteiger partial charge in [0.05, 0.1) is 28.5 Å². The molecular formula is C43H54O23S7. The summed E-state index contributed by atoms with van der Waals surface area (Å²) in [5.41, 5.74) is 1.21.